The highest BCUT2D eigenvalue weighted by atomic mass is 35.5. The van der Waals surface area contributed by atoms with E-state index in [1.807, 2.05) is 0 Å². The quantitative estimate of drug-likeness (QED) is 0.701. The predicted octanol–water partition coefficient (Wildman–Crippen LogP) is 2.56. The maximum absolute atomic E-state index is 12.9. The molecule has 2 aromatic heterocycles. The molecule has 1 aliphatic carbocycles. The molecule has 3 fully saturated rings. The van der Waals surface area contributed by atoms with Crippen LogP contribution in [0.2, 0.25) is 5.02 Å². The molecule has 33 heavy (non-hydrogen) atoms. The molecular formula is C23H29ClN6O2S. The smallest absolute Gasteiger partial charge is 0.227 e. The van der Waals surface area contributed by atoms with Crippen molar-refractivity contribution in [2.45, 2.75) is 55.4 Å². The summed E-state index contributed by atoms with van der Waals surface area (Å²) in [5.41, 5.74) is 0.922. The van der Waals surface area contributed by atoms with Gasteiger partial charge in [-0.2, -0.15) is 4.98 Å². The molecule has 4 atom stereocenters. The van der Waals surface area contributed by atoms with E-state index in [0.717, 1.165) is 73.5 Å². The van der Waals surface area contributed by atoms with Crippen LogP contribution in [0.4, 0.5) is 11.8 Å². The number of hydrogen-bond donors (Lipinski definition) is 1. The molecule has 10 heteroatoms. The highest BCUT2D eigenvalue weighted by molar-refractivity contribution is 7.85. The molecule has 1 saturated carbocycles. The summed E-state index contributed by atoms with van der Waals surface area (Å²) in [6.07, 6.45) is 9.52. The number of halogens is 1. The normalized spacial score (nSPS) is 29.5. The van der Waals surface area contributed by atoms with Crippen molar-refractivity contribution in [3.63, 3.8) is 0 Å². The molecule has 0 spiro atoms. The third-order valence-electron chi connectivity index (χ3n) is 7.94. The zero-order chi connectivity index (χ0) is 22.5. The molecule has 6 rings (SSSR count). The molecule has 5 heterocycles. The van der Waals surface area contributed by atoms with Crippen LogP contribution < -0.4 is 9.80 Å². The zero-order valence-electron chi connectivity index (χ0n) is 18.6. The van der Waals surface area contributed by atoms with Crippen LogP contribution in [0.25, 0.3) is 0 Å². The Bertz CT molecular complexity index is 1060. The Balaban J connectivity index is 1.28. The van der Waals surface area contributed by atoms with Crippen molar-refractivity contribution in [3.8, 4) is 0 Å². The minimum Gasteiger partial charge on any atom is -0.394 e. The second-order valence-corrected chi connectivity index (χ2v) is 11.6. The predicted molar refractivity (Wildman–Crippen MR) is 127 cm³/mol. The van der Waals surface area contributed by atoms with Crippen LogP contribution in [0.5, 0.6) is 0 Å². The lowest BCUT2D eigenvalue weighted by Crippen LogP contribution is -2.38. The van der Waals surface area contributed by atoms with Gasteiger partial charge in [0.1, 0.15) is 10.7 Å². The molecule has 2 aromatic rings. The number of piperidine rings is 1. The van der Waals surface area contributed by atoms with Crippen molar-refractivity contribution in [3.05, 3.63) is 28.9 Å². The molecule has 1 N–H and O–H groups in total. The molecule has 8 nitrogen and oxygen atoms in total. The number of rotatable bonds is 4. The molecule has 2 saturated heterocycles. The number of nitrogens with zero attached hydrogens (tertiary/aromatic N) is 6. The molecule has 4 aliphatic rings. The van der Waals surface area contributed by atoms with Gasteiger partial charge in [-0.3, -0.25) is 4.21 Å². The first kappa shape index (κ1) is 21.7. The van der Waals surface area contributed by atoms with E-state index in [2.05, 4.69) is 19.8 Å². The third-order valence-corrected chi connectivity index (χ3v) is 9.59. The summed E-state index contributed by atoms with van der Waals surface area (Å²) in [4.78, 5) is 24.0. The maximum Gasteiger partial charge on any atom is 0.227 e. The van der Waals surface area contributed by atoms with Gasteiger partial charge in [0, 0.05) is 50.1 Å². The van der Waals surface area contributed by atoms with Crippen LogP contribution in [0.15, 0.2) is 17.3 Å². The fourth-order valence-electron chi connectivity index (χ4n) is 6.27. The Morgan fingerprint density at radius 2 is 1.91 bits per heavy atom. The largest absolute Gasteiger partial charge is 0.394 e. The van der Waals surface area contributed by atoms with Gasteiger partial charge in [0.25, 0.3) is 0 Å². The number of aliphatic hydroxyl groups excluding tert-OH is 1. The van der Waals surface area contributed by atoms with E-state index in [-0.39, 0.29) is 12.6 Å². The standard InChI is InChI=1S/C23H29ClN6O2S/c24-16-10-25-21(26-11-16)14-4-7-29(8-5-14)23-27-18-6-9-33(32)20(18)22(28-23)30-12-15-2-1-3-17(15)19(30)13-31/h10-11,14-15,17,19,31H,1-9,12-13H2/t15?,17?,19?,33-/m1/s1. The fraction of sp³-hybridized carbons (Fsp3) is 0.652. The van der Waals surface area contributed by atoms with E-state index in [9.17, 15) is 9.32 Å². The highest BCUT2D eigenvalue weighted by Gasteiger charge is 2.46. The molecule has 3 unspecified atom stereocenters. The van der Waals surface area contributed by atoms with E-state index in [0.29, 0.717) is 28.5 Å². The van der Waals surface area contributed by atoms with Gasteiger partial charge >= 0.3 is 0 Å². The Hall–Kier alpha value is -1.84. The first-order valence-corrected chi connectivity index (χ1v) is 13.7. The summed E-state index contributed by atoms with van der Waals surface area (Å²) in [7, 11) is -1.07. The number of hydrogen-bond acceptors (Lipinski definition) is 8. The van der Waals surface area contributed by atoms with Crippen LogP contribution in [-0.2, 0) is 17.2 Å². The third kappa shape index (κ3) is 3.82. The summed E-state index contributed by atoms with van der Waals surface area (Å²) < 4.78 is 12.9. The zero-order valence-corrected chi connectivity index (χ0v) is 20.1. The summed E-state index contributed by atoms with van der Waals surface area (Å²) >= 11 is 5.94. The summed E-state index contributed by atoms with van der Waals surface area (Å²) in [5.74, 6) is 4.40. The summed E-state index contributed by atoms with van der Waals surface area (Å²) in [6, 6.07) is 0.0646. The van der Waals surface area contributed by atoms with Crippen molar-refractivity contribution < 1.29 is 9.32 Å². The lowest BCUT2D eigenvalue weighted by Gasteiger charge is -2.33. The molecule has 3 aliphatic heterocycles. The van der Waals surface area contributed by atoms with Crippen molar-refractivity contribution in [2.75, 3.05) is 41.8 Å². The monoisotopic (exact) mass is 488 g/mol. The lowest BCUT2D eigenvalue weighted by molar-refractivity contribution is 0.232. The SMILES string of the molecule is O=[S@@]1CCc2nc(N3CCC(c4ncc(Cl)cn4)CC3)nc(N3CC4CCCC4C3CO)c21. The van der Waals surface area contributed by atoms with Crippen LogP contribution >= 0.6 is 11.6 Å². The number of aryl methyl sites for hydroxylation is 1. The number of aliphatic hydroxyl groups is 1. The second-order valence-electron chi connectivity index (χ2n) is 9.70. The average Bonchev–Trinajstić information content (AvgIpc) is 3.54. The first-order chi connectivity index (χ1) is 16.1. The summed E-state index contributed by atoms with van der Waals surface area (Å²) in [6.45, 7) is 2.67. The Morgan fingerprint density at radius 3 is 2.67 bits per heavy atom. The summed E-state index contributed by atoms with van der Waals surface area (Å²) in [5, 5.41) is 10.8. The van der Waals surface area contributed by atoms with Crippen LogP contribution in [0.3, 0.4) is 0 Å². The van der Waals surface area contributed by atoms with Crippen molar-refractivity contribution in [1.82, 2.24) is 19.9 Å². The average molecular weight is 489 g/mol. The van der Waals surface area contributed by atoms with Crippen molar-refractivity contribution in [2.24, 2.45) is 11.8 Å². The topological polar surface area (TPSA) is 95.3 Å². The van der Waals surface area contributed by atoms with Crippen molar-refractivity contribution >= 4 is 34.2 Å². The van der Waals surface area contributed by atoms with Gasteiger partial charge in [0.05, 0.1) is 34.2 Å². The molecule has 0 radical (unpaired) electrons. The van der Waals surface area contributed by atoms with Gasteiger partial charge in [-0.1, -0.05) is 18.0 Å². The van der Waals surface area contributed by atoms with E-state index >= 15 is 0 Å². The van der Waals surface area contributed by atoms with Gasteiger partial charge in [-0.25, -0.2) is 15.0 Å². The Labute approximate surface area is 201 Å². The maximum atomic E-state index is 12.9. The minimum absolute atomic E-state index is 0.0646. The van der Waals surface area contributed by atoms with E-state index in [1.54, 1.807) is 12.4 Å². The Morgan fingerprint density at radius 1 is 1.12 bits per heavy atom. The van der Waals surface area contributed by atoms with Gasteiger partial charge in [-0.05, 0) is 37.5 Å². The van der Waals surface area contributed by atoms with Crippen molar-refractivity contribution in [1.29, 1.82) is 0 Å². The van der Waals surface area contributed by atoms with Crippen LogP contribution in [0, 0.1) is 11.8 Å². The van der Waals surface area contributed by atoms with E-state index in [1.165, 1.54) is 12.8 Å². The van der Waals surface area contributed by atoms with Gasteiger partial charge in [-0.15, -0.1) is 0 Å². The number of fused-ring (bicyclic) bond motifs is 2. The molecule has 0 bridgehead atoms. The molecule has 0 amide bonds. The Kier molecular flexibility index (Phi) is 5.74. The van der Waals surface area contributed by atoms with Crippen LogP contribution in [-0.4, -0.2) is 67.3 Å². The number of aromatic nitrogens is 4. The van der Waals surface area contributed by atoms with E-state index in [4.69, 9.17) is 21.6 Å². The highest BCUT2D eigenvalue weighted by Crippen LogP contribution is 2.45. The molecule has 176 valence electrons. The van der Waals surface area contributed by atoms with Crippen LogP contribution in [0.1, 0.15) is 49.5 Å². The van der Waals surface area contributed by atoms with Gasteiger partial charge in [0.2, 0.25) is 5.95 Å². The fourth-order valence-corrected chi connectivity index (χ4v) is 7.72. The molecule has 0 aromatic carbocycles. The molecular weight excluding hydrogens is 460 g/mol. The first-order valence-electron chi connectivity index (χ1n) is 12.0. The van der Waals surface area contributed by atoms with Gasteiger partial charge in [0.15, 0.2) is 5.82 Å². The lowest BCUT2D eigenvalue weighted by atomic mass is 9.94. The van der Waals surface area contributed by atoms with Gasteiger partial charge < -0.3 is 14.9 Å². The minimum atomic E-state index is -1.07. The number of anilines is 2. The second kappa shape index (κ2) is 8.74. The van der Waals surface area contributed by atoms with E-state index < -0.39 is 10.8 Å².